The van der Waals surface area contributed by atoms with Crippen molar-refractivity contribution in [1.82, 2.24) is 19.9 Å². The van der Waals surface area contributed by atoms with Crippen LogP contribution in [0.25, 0.3) is 11.0 Å². The number of aromatic carboxylic acids is 1. The molecule has 0 atom stereocenters. The van der Waals surface area contributed by atoms with Crippen LogP contribution >= 0.6 is 0 Å². The van der Waals surface area contributed by atoms with Crippen LogP contribution in [0.4, 0.5) is 5.95 Å². The van der Waals surface area contributed by atoms with Gasteiger partial charge in [-0.05, 0) is 13.0 Å². The van der Waals surface area contributed by atoms with Crippen molar-refractivity contribution in [1.29, 1.82) is 0 Å². The average molecular weight is 315 g/mol. The molecule has 1 fully saturated rings. The van der Waals surface area contributed by atoms with Gasteiger partial charge in [0.05, 0.1) is 12.1 Å². The second-order valence-corrected chi connectivity index (χ2v) is 5.21. The van der Waals surface area contributed by atoms with E-state index in [1.165, 1.54) is 6.07 Å². The summed E-state index contributed by atoms with van der Waals surface area (Å²) in [7, 11) is 0. The lowest BCUT2D eigenvalue weighted by molar-refractivity contribution is 0.0690. The second-order valence-electron chi connectivity index (χ2n) is 5.21. The largest absolute Gasteiger partial charge is 0.477 e. The standard InChI is InChI=1S/C15H17N5O3/c1-2-3-6-20-12-10(9-11(14(22)23)17-13(12)21)18-15(20)19-7-4-16-5-8-19/h9,16H,4-8H2,1H3,(H,17,21)(H,22,23). The molecular formula is C15H17N5O3. The predicted molar refractivity (Wildman–Crippen MR) is 85.8 cm³/mol. The number of carboxylic acid groups (broad SMARTS) is 1. The lowest BCUT2D eigenvalue weighted by atomic mass is 10.3. The average Bonchev–Trinajstić information content (AvgIpc) is 2.92. The molecule has 3 rings (SSSR count). The van der Waals surface area contributed by atoms with Crippen molar-refractivity contribution in [3.63, 3.8) is 0 Å². The summed E-state index contributed by atoms with van der Waals surface area (Å²) in [5, 5.41) is 12.4. The Morgan fingerprint density at radius 1 is 1.43 bits per heavy atom. The number of aromatic amines is 1. The smallest absolute Gasteiger partial charge is 0.352 e. The first-order valence-electron chi connectivity index (χ1n) is 7.34. The quantitative estimate of drug-likeness (QED) is 0.681. The molecule has 0 aliphatic carbocycles. The summed E-state index contributed by atoms with van der Waals surface area (Å²) in [6.07, 6.45) is 0. The third kappa shape index (κ3) is 2.78. The summed E-state index contributed by atoms with van der Waals surface area (Å²) in [5.74, 6) is 5.23. The second kappa shape index (κ2) is 6.14. The number of rotatable bonds is 3. The molecule has 1 aliphatic rings. The van der Waals surface area contributed by atoms with E-state index in [1.54, 1.807) is 11.5 Å². The fourth-order valence-electron chi connectivity index (χ4n) is 2.68. The Morgan fingerprint density at radius 3 is 2.83 bits per heavy atom. The Labute approximate surface area is 132 Å². The zero-order chi connectivity index (χ0) is 16.4. The van der Waals surface area contributed by atoms with E-state index < -0.39 is 11.5 Å². The van der Waals surface area contributed by atoms with Crippen LogP contribution in [0.1, 0.15) is 17.4 Å². The molecule has 0 aromatic carbocycles. The third-order valence-corrected chi connectivity index (χ3v) is 3.76. The highest BCUT2D eigenvalue weighted by atomic mass is 16.4. The van der Waals surface area contributed by atoms with E-state index in [2.05, 4.69) is 32.0 Å². The molecule has 23 heavy (non-hydrogen) atoms. The van der Waals surface area contributed by atoms with Gasteiger partial charge in [0.25, 0.3) is 5.56 Å². The number of hydrogen-bond donors (Lipinski definition) is 3. The molecule has 0 spiro atoms. The first kappa shape index (κ1) is 15.1. The summed E-state index contributed by atoms with van der Waals surface area (Å²) in [6, 6.07) is 1.39. The number of anilines is 1. The van der Waals surface area contributed by atoms with Crippen LogP contribution < -0.4 is 15.8 Å². The van der Waals surface area contributed by atoms with Crippen LogP contribution in [0.15, 0.2) is 10.9 Å². The first-order chi connectivity index (χ1) is 11.1. The number of imidazole rings is 1. The van der Waals surface area contributed by atoms with E-state index in [-0.39, 0.29) is 5.69 Å². The molecule has 0 unspecified atom stereocenters. The number of H-pyrrole nitrogens is 1. The molecule has 1 saturated heterocycles. The number of pyridine rings is 1. The maximum Gasteiger partial charge on any atom is 0.352 e. The van der Waals surface area contributed by atoms with Crippen molar-refractivity contribution in [2.24, 2.45) is 0 Å². The highest BCUT2D eigenvalue weighted by molar-refractivity contribution is 5.90. The number of hydrogen-bond acceptors (Lipinski definition) is 5. The first-order valence-corrected chi connectivity index (χ1v) is 7.34. The number of nitrogens with one attached hydrogen (secondary N) is 2. The molecule has 2 aromatic rings. The van der Waals surface area contributed by atoms with Crippen molar-refractivity contribution in [2.75, 3.05) is 31.1 Å². The zero-order valence-electron chi connectivity index (χ0n) is 12.7. The van der Waals surface area contributed by atoms with Gasteiger partial charge in [0, 0.05) is 26.2 Å². The molecule has 1 aliphatic heterocycles. The Kier molecular flexibility index (Phi) is 4.04. The molecular weight excluding hydrogens is 298 g/mol. The fraction of sp³-hybridized carbons (Fsp3) is 0.400. The highest BCUT2D eigenvalue weighted by Gasteiger charge is 2.21. The summed E-state index contributed by atoms with van der Waals surface area (Å²) in [5.41, 5.74) is 0.0937. The van der Waals surface area contributed by atoms with Crippen LogP contribution in [-0.4, -0.2) is 51.8 Å². The van der Waals surface area contributed by atoms with Crippen molar-refractivity contribution in [3.8, 4) is 11.8 Å². The fourth-order valence-corrected chi connectivity index (χ4v) is 2.68. The zero-order valence-corrected chi connectivity index (χ0v) is 12.7. The van der Waals surface area contributed by atoms with E-state index in [9.17, 15) is 9.59 Å². The molecule has 8 nitrogen and oxygen atoms in total. The molecule has 3 heterocycles. The molecule has 2 aromatic heterocycles. The molecule has 120 valence electrons. The van der Waals surface area contributed by atoms with Crippen LogP contribution in [-0.2, 0) is 6.54 Å². The van der Waals surface area contributed by atoms with Gasteiger partial charge in [-0.3, -0.25) is 9.36 Å². The van der Waals surface area contributed by atoms with Gasteiger partial charge in [0.1, 0.15) is 11.2 Å². The van der Waals surface area contributed by atoms with Gasteiger partial charge >= 0.3 is 5.97 Å². The summed E-state index contributed by atoms with van der Waals surface area (Å²) >= 11 is 0. The van der Waals surface area contributed by atoms with Gasteiger partial charge in [0.15, 0.2) is 0 Å². The van der Waals surface area contributed by atoms with Gasteiger partial charge in [-0.15, -0.1) is 5.92 Å². The number of aromatic nitrogens is 3. The van der Waals surface area contributed by atoms with Gasteiger partial charge < -0.3 is 20.3 Å². The van der Waals surface area contributed by atoms with Crippen LogP contribution in [0.5, 0.6) is 0 Å². The predicted octanol–water partition coefficient (Wildman–Crippen LogP) is -0.144. The van der Waals surface area contributed by atoms with E-state index in [0.717, 1.165) is 26.2 Å². The Morgan fingerprint density at radius 2 is 2.17 bits per heavy atom. The molecule has 3 N–H and O–H groups in total. The highest BCUT2D eigenvalue weighted by Crippen LogP contribution is 2.21. The minimum Gasteiger partial charge on any atom is -0.477 e. The minimum atomic E-state index is -1.18. The van der Waals surface area contributed by atoms with E-state index in [1.807, 2.05) is 0 Å². The number of carbonyl (C=O) groups is 1. The van der Waals surface area contributed by atoms with Crippen molar-refractivity contribution >= 4 is 23.0 Å². The van der Waals surface area contributed by atoms with E-state index in [0.29, 0.717) is 23.5 Å². The molecule has 0 saturated carbocycles. The van der Waals surface area contributed by atoms with Crippen molar-refractivity contribution < 1.29 is 9.90 Å². The normalized spacial score (nSPS) is 14.6. The number of nitrogens with zero attached hydrogens (tertiary/aromatic N) is 3. The molecule has 0 bridgehead atoms. The summed E-state index contributed by atoms with van der Waals surface area (Å²) in [4.78, 5) is 32.4. The van der Waals surface area contributed by atoms with Crippen LogP contribution in [0.3, 0.4) is 0 Å². The third-order valence-electron chi connectivity index (χ3n) is 3.76. The molecule has 0 radical (unpaired) electrons. The Balaban J connectivity index is 2.20. The topological polar surface area (TPSA) is 103 Å². The number of carboxylic acids is 1. The Hall–Kier alpha value is -2.79. The minimum absolute atomic E-state index is 0.166. The Bertz CT molecular complexity index is 865. The molecule has 0 amide bonds. The number of fused-ring (bicyclic) bond motifs is 1. The number of piperazine rings is 1. The van der Waals surface area contributed by atoms with Gasteiger partial charge in [0.2, 0.25) is 5.95 Å². The van der Waals surface area contributed by atoms with Crippen molar-refractivity contribution in [2.45, 2.75) is 13.5 Å². The van der Waals surface area contributed by atoms with Gasteiger partial charge in [-0.25, -0.2) is 9.78 Å². The monoisotopic (exact) mass is 315 g/mol. The van der Waals surface area contributed by atoms with Gasteiger partial charge in [-0.1, -0.05) is 5.92 Å². The lowest BCUT2D eigenvalue weighted by Crippen LogP contribution is -2.44. The maximum atomic E-state index is 12.3. The maximum absolute atomic E-state index is 12.3. The van der Waals surface area contributed by atoms with Crippen LogP contribution in [0.2, 0.25) is 0 Å². The van der Waals surface area contributed by atoms with Crippen LogP contribution in [0, 0.1) is 11.8 Å². The lowest BCUT2D eigenvalue weighted by Gasteiger charge is -2.28. The van der Waals surface area contributed by atoms with E-state index >= 15 is 0 Å². The van der Waals surface area contributed by atoms with E-state index in [4.69, 9.17) is 5.11 Å². The summed E-state index contributed by atoms with van der Waals surface area (Å²) < 4.78 is 1.75. The molecule has 8 heteroatoms. The van der Waals surface area contributed by atoms with Gasteiger partial charge in [-0.2, -0.15) is 0 Å². The summed E-state index contributed by atoms with van der Waals surface area (Å²) in [6.45, 7) is 5.27. The van der Waals surface area contributed by atoms with Crippen molar-refractivity contribution in [3.05, 3.63) is 22.1 Å². The SMILES string of the molecule is CC#CCn1c(N2CCNCC2)nc2cc(C(=O)O)[nH]c(=O)c21.